The van der Waals surface area contributed by atoms with Crippen LogP contribution in [0.25, 0.3) is 32.9 Å². The van der Waals surface area contributed by atoms with Crippen LogP contribution in [0.2, 0.25) is 5.02 Å². The van der Waals surface area contributed by atoms with Crippen molar-refractivity contribution in [1.29, 1.82) is 0 Å². The third kappa shape index (κ3) is 2.85. The lowest BCUT2D eigenvalue weighted by Gasteiger charge is -2.10. The number of thiazole rings is 1. The van der Waals surface area contributed by atoms with Crippen LogP contribution < -0.4 is 5.32 Å². The van der Waals surface area contributed by atoms with Gasteiger partial charge in [0.05, 0.1) is 22.4 Å². The van der Waals surface area contributed by atoms with Gasteiger partial charge in [-0.1, -0.05) is 11.6 Å². The number of aryl methyl sites for hydroxylation is 1. The van der Waals surface area contributed by atoms with Gasteiger partial charge in [0.2, 0.25) is 0 Å². The van der Waals surface area contributed by atoms with Crippen LogP contribution in [0.1, 0.15) is 15.5 Å². The molecule has 0 saturated carbocycles. The average Bonchev–Trinajstić information content (AvgIpc) is 3.40. The maximum Gasteiger partial charge on any atom is 0.275 e. The van der Waals surface area contributed by atoms with E-state index in [9.17, 15) is 4.79 Å². The van der Waals surface area contributed by atoms with E-state index in [1.807, 2.05) is 43.5 Å². The molecule has 0 radical (unpaired) electrons. The number of carbonyl (C=O) groups excluding carboxylic acids is 1. The Hall–Kier alpha value is -3.16. The molecular formula is C20H14ClN5OS. The molecule has 28 heavy (non-hydrogen) atoms. The molecule has 0 unspecified atom stereocenters. The number of hydrogen-bond donors (Lipinski definition) is 3. The molecule has 0 aliphatic rings. The number of fused-ring (bicyclic) bond motifs is 2. The van der Waals surface area contributed by atoms with E-state index >= 15 is 0 Å². The zero-order chi connectivity index (χ0) is 19.3. The molecule has 5 aromatic rings. The molecular weight excluding hydrogens is 394 g/mol. The quantitative estimate of drug-likeness (QED) is 0.375. The molecule has 3 N–H and O–H groups in total. The normalized spacial score (nSPS) is 11.4. The SMILES string of the molecule is Cc1nc(C(=O)Nc2cc(-c3cc(Cl)cc4[nH]ccc34)cc3[nH]ncc23)cs1. The molecule has 0 saturated heterocycles. The zero-order valence-corrected chi connectivity index (χ0v) is 16.3. The number of hydrogen-bond acceptors (Lipinski definition) is 4. The highest BCUT2D eigenvalue weighted by atomic mass is 35.5. The molecule has 3 aromatic heterocycles. The van der Waals surface area contributed by atoms with E-state index in [2.05, 4.69) is 25.5 Å². The van der Waals surface area contributed by atoms with Crippen molar-refractivity contribution < 1.29 is 4.79 Å². The van der Waals surface area contributed by atoms with Gasteiger partial charge in [0.1, 0.15) is 5.69 Å². The van der Waals surface area contributed by atoms with Crippen molar-refractivity contribution in [2.45, 2.75) is 6.92 Å². The number of halogens is 1. The summed E-state index contributed by atoms with van der Waals surface area (Å²) in [5, 5.41) is 15.2. The topological polar surface area (TPSA) is 86.5 Å². The number of aromatic amines is 2. The molecule has 138 valence electrons. The molecule has 1 amide bonds. The fourth-order valence-electron chi connectivity index (χ4n) is 3.33. The molecule has 0 aliphatic carbocycles. The van der Waals surface area contributed by atoms with Crippen LogP contribution in [-0.2, 0) is 0 Å². The van der Waals surface area contributed by atoms with E-state index in [0.29, 0.717) is 16.4 Å². The molecule has 0 atom stereocenters. The zero-order valence-electron chi connectivity index (χ0n) is 14.7. The molecule has 0 spiro atoms. The summed E-state index contributed by atoms with van der Waals surface area (Å²) in [6, 6.07) is 9.76. The summed E-state index contributed by atoms with van der Waals surface area (Å²) in [6.07, 6.45) is 3.58. The van der Waals surface area contributed by atoms with Crippen molar-refractivity contribution in [3.05, 3.63) is 63.8 Å². The van der Waals surface area contributed by atoms with Crippen molar-refractivity contribution in [3.8, 4) is 11.1 Å². The van der Waals surface area contributed by atoms with Gasteiger partial charge in [0, 0.05) is 32.9 Å². The van der Waals surface area contributed by atoms with Gasteiger partial charge < -0.3 is 10.3 Å². The molecule has 0 bridgehead atoms. The fourth-order valence-corrected chi connectivity index (χ4v) is 4.15. The number of rotatable bonds is 3. The number of carbonyl (C=O) groups is 1. The lowest BCUT2D eigenvalue weighted by Crippen LogP contribution is -2.12. The second-order valence-corrected chi connectivity index (χ2v) is 7.95. The maximum atomic E-state index is 12.6. The Balaban J connectivity index is 1.65. The smallest absolute Gasteiger partial charge is 0.275 e. The van der Waals surface area contributed by atoms with Crippen LogP contribution in [0.4, 0.5) is 5.69 Å². The molecule has 5 rings (SSSR count). The second-order valence-electron chi connectivity index (χ2n) is 6.45. The summed E-state index contributed by atoms with van der Waals surface area (Å²) in [6.45, 7) is 1.87. The predicted octanol–water partition coefficient (Wildman–Crippen LogP) is 5.38. The van der Waals surface area contributed by atoms with Crippen LogP contribution >= 0.6 is 22.9 Å². The number of benzene rings is 2. The minimum Gasteiger partial charge on any atom is -0.361 e. The minimum absolute atomic E-state index is 0.248. The number of nitrogens with zero attached hydrogens (tertiary/aromatic N) is 2. The molecule has 0 fully saturated rings. The van der Waals surface area contributed by atoms with E-state index in [4.69, 9.17) is 11.6 Å². The average molecular weight is 408 g/mol. The summed E-state index contributed by atoms with van der Waals surface area (Å²) in [5.41, 5.74) is 4.75. The van der Waals surface area contributed by atoms with Gasteiger partial charge in [-0.3, -0.25) is 9.89 Å². The van der Waals surface area contributed by atoms with E-state index in [1.165, 1.54) is 11.3 Å². The van der Waals surface area contributed by atoms with Gasteiger partial charge in [-0.2, -0.15) is 5.10 Å². The van der Waals surface area contributed by atoms with Crippen molar-refractivity contribution in [2.24, 2.45) is 0 Å². The van der Waals surface area contributed by atoms with Crippen molar-refractivity contribution in [1.82, 2.24) is 20.2 Å². The van der Waals surface area contributed by atoms with E-state index < -0.39 is 0 Å². The van der Waals surface area contributed by atoms with Gasteiger partial charge in [-0.05, 0) is 48.4 Å². The second kappa shape index (κ2) is 6.47. The number of anilines is 1. The third-order valence-electron chi connectivity index (χ3n) is 4.60. The first-order chi connectivity index (χ1) is 13.6. The number of H-pyrrole nitrogens is 2. The van der Waals surface area contributed by atoms with Crippen LogP contribution in [0.3, 0.4) is 0 Å². The Morgan fingerprint density at radius 2 is 2.07 bits per heavy atom. The summed E-state index contributed by atoms with van der Waals surface area (Å²) >= 11 is 7.76. The lowest BCUT2D eigenvalue weighted by atomic mass is 9.99. The Kier molecular flexibility index (Phi) is 3.92. The van der Waals surface area contributed by atoms with E-state index in [-0.39, 0.29) is 5.91 Å². The Morgan fingerprint density at radius 1 is 1.18 bits per heavy atom. The van der Waals surface area contributed by atoms with E-state index in [1.54, 1.807) is 11.6 Å². The fraction of sp³-hybridized carbons (Fsp3) is 0.0500. The summed E-state index contributed by atoms with van der Waals surface area (Å²) < 4.78 is 0. The van der Waals surface area contributed by atoms with Crippen molar-refractivity contribution >= 4 is 56.3 Å². The van der Waals surface area contributed by atoms with Gasteiger partial charge >= 0.3 is 0 Å². The number of aromatic nitrogens is 4. The first kappa shape index (κ1) is 17.0. The highest BCUT2D eigenvalue weighted by molar-refractivity contribution is 7.09. The Morgan fingerprint density at radius 3 is 2.89 bits per heavy atom. The summed E-state index contributed by atoms with van der Waals surface area (Å²) in [4.78, 5) is 20.1. The number of nitrogens with one attached hydrogen (secondary N) is 3. The Labute approximate surface area is 168 Å². The van der Waals surface area contributed by atoms with Crippen LogP contribution in [0.15, 0.2) is 48.1 Å². The van der Waals surface area contributed by atoms with Gasteiger partial charge in [-0.15, -0.1) is 11.3 Å². The Bertz CT molecular complexity index is 1350. The monoisotopic (exact) mass is 407 g/mol. The van der Waals surface area contributed by atoms with Gasteiger partial charge in [0.15, 0.2) is 0 Å². The molecule has 2 aromatic carbocycles. The molecule has 3 heterocycles. The van der Waals surface area contributed by atoms with Gasteiger partial charge in [0.25, 0.3) is 5.91 Å². The highest BCUT2D eigenvalue weighted by Crippen LogP contribution is 2.36. The molecule has 6 nitrogen and oxygen atoms in total. The standard InChI is InChI=1S/C20H14ClN5OS/c1-10-24-19(9-28-10)20(27)25-17-4-11(5-18-15(17)8-23-26-18)14-6-12(21)7-16-13(14)2-3-22-16/h2-9,22H,1H3,(H,23,26)(H,25,27). The first-order valence-corrected chi connectivity index (χ1v) is 9.82. The van der Waals surface area contributed by atoms with Gasteiger partial charge in [-0.25, -0.2) is 4.98 Å². The van der Waals surface area contributed by atoms with Crippen molar-refractivity contribution in [3.63, 3.8) is 0 Å². The highest BCUT2D eigenvalue weighted by Gasteiger charge is 2.15. The summed E-state index contributed by atoms with van der Waals surface area (Å²) in [7, 11) is 0. The van der Waals surface area contributed by atoms with Crippen LogP contribution in [0, 0.1) is 6.92 Å². The summed E-state index contributed by atoms with van der Waals surface area (Å²) in [5.74, 6) is -0.248. The number of amides is 1. The first-order valence-electron chi connectivity index (χ1n) is 8.56. The molecule has 8 heteroatoms. The minimum atomic E-state index is -0.248. The molecule has 0 aliphatic heterocycles. The van der Waals surface area contributed by atoms with E-state index in [0.717, 1.165) is 37.9 Å². The maximum absolute atomic E-state index is 12.6. The predicted molar refractivity (Wildman–Crippen MR) is 113 cm³/mol. The third-order valence-corrected chi connectivity index (χ3v) is 5.59. The van der Waals surface area contributed by atoms with Crippen molar-refractivity contribution in [2.75, 3.05) is 5.32 Å². The largest absolute Gasteiger partial charge is 0.361 e. The van der Waals surface area contributed by atoms with Crippen LogP contribution in [0.5, 0.6) is 0 Å². The van der Waals surface area contributed by atoms with Crippen LogP contribution in [-0.4, -0.2) is 26.1 Å². The lowest BCUT2D eigenvalue weighted by molar-refractivity contribution is 0.102.